The normalized spacial score (nSPS) is 26.8. The molecule has 1 atom stereocenters. The second-order valence-electron chi connectivity index (χ2n) is 6.69. The van der Waals surface area contributed by atoms with Gasteiger partial charge < -0.3 is 9.47 Å². The van der Waals surface area contributed by atoms with Gasteiger partial charge in [0.25, 0.3) is 0 Å². The van der Waals surface area contributed by atoms with Gasteiger partial charge >= 0.3 is 0 Å². The highest BCUT2D eigenvalue weighted by Crippen LogP contribution is 2.50. The molecule has 1 aromatic carbocycles. The van der Waals surface area contributed by atoms with Crippen molar-refractivity contribution in [2.45, 2.75) is 69.1 Å². The fourth-order valence-corrected chi connectivity index (χ4v) is 3.86. The predicted molar refractivity (Wildman–Crippen MR) is 79.7 cm³/mol. The van der Waals surface area contributed by atoms with Gasteiger partial charge in [-0.1, -0.05) is 5.18 Å². The molecule has 21 heavy (non-hydrogen) atoms. The van der Waals surface area contributed by atoms with Crippen LogP contribution in [0, 0.1) is 4.91 Å². The summed E-state index contributed by atoms with van der Waals surface area (Å²) in [7, 11) is 0. The molecule has 4 rings (SSSR count). The summed E-state index contributed by atoms with van der Waals surface area (Å²) in [5.74, 6) is 1.67. The molecule has 4 nitrogen and oxygen atoms in total. The lowest BCUT2D eigenvalue weighted by Gasteiger charge is -2.46. The lowest BCUT2D eigenvalue weighted by molar-refractivity contribution is -0.0329. The zero-order valence-electron chi connectivity index (χ0n) is 12.2. The average molecular weight is 287 g/mol. The SMILES string of the molecule is O=NC1CC2(CCC2)Oc2ccc(OC3CCCC3)cc21. The van der Waals surface area contributed by atoms with E-state index in [4.69, 9.17) is 9.47 Å². The second kappa shape index (κ2) is 5.00. The summed E-state index contributed by atoms with van der Waals surface area (Å²) in [4.78, 5) is 11.3. The molecule has 2 saturated carbocycles. The molecule has 0 bridgehead atoms. The molecule has 1 spiro atoms. The van der Waals surface area contributed by atoms with Gasteiger partial charge in [0.1, 0.15) is 23.1 Å². The second-order valence-corrected chi connectivity index (χ2v) is 6.69. The van der Waals surface area contributed by atoms with Crippen LogP contribution in [-0.2, 0) is 0 Å². The molecule has 4 heteroatoms. The molecular weight excluding hydrogens is 266 g/mol. The van der Waals surface area contributed by atoms with Crippen LogP contribution in [0.1, 0.15) is 63.0 Å². The van der Waals surface area contributed by atoms with E-state index in [1.807, 2.05) is 18.2 Å². The van der Waals surface area contributed by atoms with Crippen LogP contribution < -0.4 is 9.47 Å². The van der Waals surface area contributed by atoms with E-state index in [2.05, 4.69) is 5.18 Å². The molecule has 1 unspecified atom stereocenters. The van der Waals surface area contributed by atoms with Gasteiger partial charge in [0, 0.05) is 12.0 Å². The Morgan fingerprint density at radius 3 is 2.67 bits per heavy atom. The zero-order valence-corrected chi connectivity index (χ0v) is 12.2. The van der Waals surface area contributed by atoms with E-state index in [1.165, 1.54) is 19.3 Å². The number of hydrogen-bond acceptors (Lipinski definition) is 4. The van der Waals surface area contributed by atoms with Crippen LogP contribution in [-0.4, -0.2) is 11.7 Å². The largest absolute Gasteiger partial charge is 0.490 e. The quantitative estimate of drug-likeness (QED) is 0.768. The number of nitroso groups, excluding NO2 is 1. The number of nitrogens with zero attached hydrogens (tertiary/aromatic N) is 1. The van der Waals surface area contributed by atoms with Crippen molar-refractivity contribution in [3.8, 4) is 11.5 Å². The van der Waals surface area contributed by atoms with E-state index < -0.39 is 0 Å². The molecule has 1 aromatic rings. The summed E-state index contributed by atoms with van der Waals surface area (Å²) < 4.78 is 12.2. The number of hydrogen-bond donors (Lipinski definition) is 0. The third-order valence-electron chi connectivity index (χ3n) is 5.23. The Morgan fingerprint density at radius 2 is 2.00 bits per heavy atom. The maximum absolute atomic E-state index is 11.3. The van der Waals surface area contributed by atoms with Crippen LogP contribution in [0.25, 0.3) is 0 Å². The maximum atomic E-state index is 11.3. The van der Waals surface area contributed by atoms with E-state index in [0.29, 0.717) is 6.10 Å². The molecule has 3 aliphatic rings. The first kappa shape index (κ1) is 13.1. The molecule has 0 saturated heterocycles. The van der Waals surface area contributed by atoms with Gasteiger partial charge in [-0.3, -0.25) is 0 Å². The summed E-state index contributed by atoms with van der Waals surface area (Å²) in [6, 6.07) is 5.60. The van der Waals surface area contributed by atoms with E-state index in [1.54, 1.807) is 0 Å². The molecule has 0 aromatic heterocycles. The smallest absolute Gasteiger partial charge is 0.125 e. The monoisotopic (exact) mass is 287 g/mol. The molecule has 2 aliphatic carbocycles. The highest BCUT2D eigenvalue weighted by atomic mass is 16.5. The first-order valence-electron chi connectivity index (χ1n) is 8.10. The first-order chi connectivity index (χ1) is 10.3. The van der Waals surface area contributed by atoms with Crippen molar-refractivity contribution < 1.29 is 9.47 Å². The summed E-state index contributed by atoms with van der Waals surface area (Å²) in [6.07, 6.45) is 9.07. The van der Waals surface area contributed by atoms with Crippen LogP contribution >= 0.6 is 0 Å². The standard InChI is InChI=1S/C17H21NO3/c19-18-15-11-17(8-3-9-17)21-16-7-6-13(10-14(15)16)20-12-4-1-2-5-12/h6-7,10,12,15H,1-5,8-9,11H2. The molecule has 1 heterocycles. The Hall–Kier alpha value is -1.58. The van der Waals surface area contributed by atoms with E-state index in [9.17, 15) is 4.91 Å². The van der Waals surface area contributed by atoms with Gasteiger partial charge in [-0.2, -0.15) is 4.91 Å². The van der Waals surface area contributed by atoms with Gasteiger partial charge in [-0.25, -0.2) is 0 Å². The van der Waals surface area contributed by atoms with Crippen LogP contribution in [0.15, 0.2) is 23.4 Å². The fraction of sp³-hybridized carbons (Fsp3) is 0.647. The lowest BCUT2D eigenvalue weighted by Crippen LogP contribution is -2.46. The Balaban J connectivity index is 1.59. The highest BCUT2D eigenvalue weighted by molar-refractivity contribution is 5.45. The molecular formula is C17H21NO3. The summed E-state index contributed by atoms with van der Waals surface area (Å²) in [6.45, 7) is 0. The topological polar surface area (TPSA) is 47.9 Å². The predicted octanol–water partition coefficient (Wildman–Crippen LogP) is 4.52. The summed E-state index contributed by atoms with van der Waals surface area (Å²) in [5, 5.41) is 3.35. The number of ether oxygens (including phenoxy) is 2. The van der Waals surface area contributed by atoms with Gasteiger partial charge in [0.2, 0.25) is 0 Å². The summed E-state index contributed by atoms with van der Waals surface area (Å²) >= 11 is 0. The van der Waals surface area contributed by atoms with Gasteiger partial charge in [-0.05, 0) is 63.1 Å². The minimum atomic E-state index is -0.291. The molecule has 112 valence electrons. The Morgan fingerprint density at radius 1 is 1.19 bits per heavy atom. The first-order valence-corrected chi connectivity index (χ1v) is 8.10. The molecule has 1 aliphatic heterocycles. The van der Waals surface area contributed by atoms with E-state index >= 15 is 0 Å². The lowest BCUT2D eigenvalue weighted by atomic mass is 9.73. The van der Waals surface area contributed by atoms with Crippen molar-refractivity contribution in [3.05, 3.63) is 28.7 Å². The third-order valence-corrected chi connectivity index (χ3v) is 5.23. The highest BCUT2D eigenvalue weighted by Gasteiger charge is 2.46. The van der Waals surface area contributed by atoms with Crippen LogP contribution in [0.5, 0.6) is 11.5 Å². The maximum Gasteiger partial charge on any atom is 0.125 e. The number of rotatable bonds is 3. The van der Waals surface area contributed by atoms with Crippen LogP contribution in [0.2, 0.25) is 0 Å². The Kier molecular flexibility index (Phi) is 3.12. The van der Waals surface area contributed by atoms with Crippen LogP contribution in [0.3, 0.4) is 0 Å². The van der Waals surface area contributed by atoms with Crippen molar-refractivity contribution in [3.63, 3.8) is 0 Å². The van der Waals surface area contributed by atoms with Gasteiger partial charge in [-0.15, -0.1) is 0 Å². The van der Waals surface area contributed by atoms with Gasteiger partial charge in [0.15, 0.2) is 0 Å². The van der Waals surface area contributed by atoms with Crippen molar-refractivity contribution in [1.29, 1.82) is 0 Å². The van der Waals surface area contributed by atoms with Crippen molar-refractivity contribution in [1.82, 2.24) is 0 Å². The molecule has 0 radical (unpaired) electrons. The number of benzene rings is 1. The van der Waals surface area contributed by atoms with Crippen LogP contribution in [0.4, 0.5) is 0 Å². The third kappa shape index (κ3) is 2.30. The number of fused-ring (bicyclic) bond motifs is 1. The molecule has 0 N–H and O–H groups in total. The summed E-state index contributed by atoms with van der Waals surface area (Å²) in [5.41, 5.74) is 0.775. The van der Waals surface area contributed by atoms with Gasteiger partial charge in [0.05, 0.1) is 6.10 Å². The Bertz CT molecular complexity index is 547. The minimum absolute atomic E-state index is 0.126. The Labute approximate surface area is 124 Å². The zero-order chi connectivity index (χ0) is 14.3. The van der Waals surface area contributed by atoms with Crippen molar-refractivity contribution >= 4 is 0 Å². The van der Waals surface area contributed by atoms with Crippen molar-refractivity contribution in [2.24, 2.45) is 5.18 Å². The van der Waals surface area contributed by atoms with E-state index in [0.717, 1.165) is 49.2 Å². The molecule has 2 fully saturated rings. The minimum Gasteiger partial charge on any atom is -0.490 e. The fourth-order valence-electron chi connectivity index (χ4n) is 3.86. The average Bonchev–Trinajstić information content (AvgIpc) is 2.97. The van der Waals surface area contributed by atoms with E-state index in [-0.39, 0.29) is 11.6 Å². The van der Waals surface area contributed by atoms with Crippen molar-refractivity contribution in [2.75, 3.05) is 0 Å². The molecule has 0 amide bonds.